The number of nitrogens with one attached hydrogen (secondary N) is 1. The summed E-state index contributed by atoms with van der Waals surface area (Å²) < 4.78 is 12.7. The van der Waals surface area contributed by atoms with Gasteiger partial charge in [0.25, 0.3) is 5.56 Å². The minimum absolute atomic E-state index is 0.117. The van der Waals surface area contributed by atoms with Gasteiger partial charge in [-0.25, -0.2) is 0 Å². The smallest absolute Gasteiger partial charge is 0.293 e. The first-order valence-corrected chi connectivity index (χ1v) is 8.73. The molecule has 0 saturated heterocycles. The van der Waals surface area contributed by atoms with Crippen molar-refractivity contribution < 1.29 is 9.47 Å². The number of aromatic nitrogens is 3. The van der Waals surface area contributed by atoms with E-state index in [2.05, 4.69) is 15.3 Å². The first kappa shape index (κ1) is 18.5. The highest BCUT2D eigenvalue weighted by Crippen LogP contribution is 2.28. The molecule has 3 rings (SSSR count). The fourth-order valence-electron chi connectivity index (χ4n) is 2.31. The Kier molecular flexibility index (Phi) is 6.11. The van der Waals surface area contributed by atoms with Crippen molar-refractivity contribution in [1.82, 2.24) is 14.9 Å². The van der Waals surface area contributed by atoms with E-state index in [0.29, 0.717) is 24.7 Å². The molecule has 0 aliphatic carbocycles. The summed E-state index contributed by atoms with van der Waals surface area (Å²) in [5.41, 5.74) is 1.39. The van der Waals surface area contributed by atoms with Gasteiger partial charge in [-0.3, -0.25) is 9.89 Å². The molecule has 0 saturated carbocycles. The average molecular weight is 382 g/mol. The molecule has 0 bridgehead atoms. The Balaban J connectivity index is 1.81. The number of rotatable bonds is 7. The molecule has 0 radical (unpaired) electrons. The summed E-state index contributed by atoms with van der Waals surface area (Å²) in [7, 11) is 0. The van der Waals surface area contributed by atoms with Crippen molar-refractivity contribution in [3.8, 4) is 11.5 Å². The molecule has 0 spiro atoms. The summed E-state index contributed by atoms with van der Waals surface area (Å²) in [5.74, 6) is 1.24. The normalized spacial score (nSPS) is 10.9. The van der Waals surface area contributed by atoms with Crippen LogP contribution in [-0.2, 0) is 6.61 Å². The molecule has 1 heterocycles. The minimum Gasteiger partial charge on any atom is -0.490 e. The van der Waals surface area contributed by atoms with Gasteiger partial charge in [-0.15, -0.1) is 0 Å². The van der Waals surface area contributed by atoms with Gasteiger partial charge in [0.2, 0.25) is 4.77 Å². The lowest BCUT2D eigenvalue weighted by Crippen LogP contribution is -2.18. The second-order valence-corrected chi connectivity index (χ2v) is 5.87. The molecule has 0 atom stereocenters. The summed E-state index contributed by atoms with van der Waals surface area (Å²) in [6.07, 6.45) is 2.63. The van der Waals surface area contributed by atoms with Gasteiger partial charge in [0.15, 0.2) is 11.5 Å². The number of nitrogens with zero attached hydrogens (tertiary/aromatic N) is 3. The second-order valence-electron chi connectivity index (χ2n) is 5.48. The molecule has 0 aliphatic rings. The Hall–Kier alpha value is -3.26. The summed E-state index contributed by atoms with van der Waals surface area (Å²) in [6.45, 7) is 2.84. The van der Waals surface area contributed by atoms with Crippen molar-refractivity contribution in [3.05, 3.63) is 81.0 Å². The van der Waals surface area contributed by atoms with Crippen LogP contribution < -0.4 is 15.0 Å². The van der Waals surface area contributed by atoms with Gasteiger partial charge in [0.05, 0.1) is 12.8 Å². The van der Waals surface area contributed by atoms with Gasteiger partial charge >= 0.3 is 0 Å². The fourth-order valence-corrected chi connectivity index (χ4v) is 2.50. The predicted octanol–water partition coefficient (Wildman–Crippen LogP) is 3.16. The Labute approximate surface area is 160 Å². The Morgan fingerprint density at radius 2 is 2.00 bits per heavy atom. The molecule has 27 heavy (non-hydrogen) atoms. The minimum atomic E-state index is -0.414. The molecule has 0 unspecified atom stereocenters. The lowest BCUT2D eigenvalue weighted by molar-refractivity contribution is 0.269. The third kappa shape index (κ3) is 4.89. The molecule has 8 heteroatoms. The second kappa shape index (κ2) is 8.91. The molecule has 0 amide bonds. The van der Waals surface area contributed by atoms with E-state index in [-0.39, 0.29) is 4.77 Å². The summed E-state index contributed by atoms with van der Waals surface area (Å²) in [5, 5.41) is 10.2. The number of H-pyrrole nitrogens is 1. The Morgan fingerprint density at radius 3 is 2.74 bits per heavy atom. The summed E-state index contributed by atoms with van der Waals surface area (Å²) in [6, 6.07) is 15.3. The molecule has 0 fully saturated rings. The van der Waals surface area contributed by atoms with E-state index in [1.165, 1.54) is 6.21 Å². The van der Waals surface area contributed by atoms with Crippen molar-refractivity contribution in [2.24, 2.45) is 5.10 Å². The third-order valence-corrected chi connectivity index (χ3v) is 3.83. The third-order valence-electron chi connectivity index (χ3n) is 3.56. The molecule has 7 nitrogen and oxygen atoms in total. The van der Waals surface area contributed by atoms with Crippen LogP contribution in [0, 0.1) is 4.77 Å². The zero-order chi connectivity index (χ0) is 19.1. The maximum atomic E-state index is 11.8. The van der Waals surface area contributed by atoms with E-state index in [0.717, 1.165) is 22.0 Å². The van der Waals surface area contributed by atoms with Gasteiger partial charge < -0.3 is 9.47 Å². The molecule has 138 valence electrons. The zero-order valence-electron chi connectivity index (χ0n) is 14.7. The van der Waals surface area contributed by atoms with Crippen molar-refractivity contribution >= 4 is 18.4 Å². The van der Waals surface area contributed by atoms with Crippen molar-refractivity contribution in [2.75, 3.05) is 6.61 Å². The van der Waals surface area contributed by atoms with E-state index in [4.69, 9.17) is 21.7 Å². The molecule has 3 aromatic rings. The topological polar surface area (TPSA) is 81.5 Å². The van der Waals surface area contributed by atoms with E-state index in [1.54, 1.807) is 6.07 Å². The van der Waals surface area contributed by atoms with Gasteiger partial charge in [0.1, 0.15) is 12.8 Å². The van der Waals surface area contributed by atoms with E-state index in [9.17, 15) is 4.79 Å². The van der Waals surface area contributed by atoms with Crippen LogP contribution >= 0.6 is 12.2 Å². The largest absolute Gasteiger partial charge is 0.490 e. The predicted molar refractivity (Wildman–Crippen MR) is 105 cm³/mol. The lowest BCUT2D eigenvalue weighted by Gasteiger charge is -2.12. The molecule has 1 N–H and O–H groups in total. The molecule has 1 aromatic heterocycles. The highest BCUT2D eigenvalue weighted by atomic mass is 32.1. The maximum absolute atomic E-state index is 11.8. The quantitative estimate of drug-likeness (QED) is 0.501. The van der Waals surface area contributed by atoms with E-state index >= 15 is 0 Å². The average Bonchev–Trinajstić information content (AvgIpc) is 2.68. The van der Waals surface area contributed by atoms with Crippen molar-refractivity contribution in [1.29, 1.82) is 0 Å². The first-order valence-electron chi connectivity index (χ1n) is 8.32. The number of hydrogen-bond acceptors (Lipinski definition) is 6. The van der Waals surface area contributed by atoms with Gasteiger partial charge in [-0.1, -0.05) is 30.3 Å². The molecular weight excluding hydrogens is 364 g/mol. The van der Waals surface area contributed by atoms with Crippen LogP contribution in [0.3, 0.4) is 0 Å². The number of benzene rings is 2. The zero-order valence-corrected chi connectivity index (χ0v) is 15.5. The highest BCUT2D eigenvalue weighted by Gasteiger charge is 2.07. The number of hydrogen-bond donors (Lipinski definition) is 1. The molecule has 2 aromatic carbocycles. The van der Waals surface area contributed by atoms with Gasteiger partial charge in [-0.2, -0.15) is 14.9 Å². The maximum Gasteiger partial charge on any atom is 0.293 e. The van der Waals surface area contributed by atoms with Gasteiger partial charge in [0, 0.05) is 0 Å². The van der Waals surface area contributed by atoms with Crippen molar-refractivity contribution in [2.45, 2.75) is 13.5 Å². The Bertz CT molecular complexity index is 1020. The fraction of sp³-hybridized carbons (Fsp3) is 0.158. The lowest BCUT2D eigenvalue weighted by atomic mass is 10.2. The Morgan fingerprint density at radius 1 is 1.19 bits per heavy atom. The van der Waals surface area contributed by atoms with Crippen LogP contribution in [0.5, 0.6) is 11.5 Å². The number of aromatic amines is 1. The van der Waals surface area contributed by atoms with Crippen LogP contribution in [0.1, 0.15) is 18.1 Å². The van der Waals surface area contributed by atoms with Gasteiger partial charge in [-0.05, 0) is 48.5 Å². The first-order chi connectivity index (χ1) is 13.2. The molecule has 0 aliphatic heterocycles. The van der Waals surface area contributed by atoms with Crippen molar-refractivity contribution in [3.63, 3.8) is 0 Å². The SMILES string of the molecule is CCOc1cc(/C=N\n2c(=O)cn[nH]c2=S)ccc1OCc1ccccc1. The van der Waals surface area contributed by atoms with Crippen LogP contribution in [0.2, 0.25) is 0 Å². The van der Waals surface area contributed by atoms with E-state index < -0.39 is 5.56 Å². The van der Waals surface area contributed by atoms with Crippen LogP contribution in [-0.4, -0.2) is 27.7 Å². The number of ether oxygens (including phenoxy) is 2. The molecular formula is C19H18N4O3S. The van der Waals surface area contributed by atoms with Crippen LogP contribution in [0.25, 0.3) is 0 Å². The standard InChI is InChI=1S/C19H18N4O3S/c1-2-25-17-10-15(11-21-23-18(24)12-20-22-19(23)27)8-9-16(17)26-13-14-6-4-3-5-7-14/h3-12H,2,13H2,1H3,(H,22,27)/b21-11-. The van der Waals surface area contributed by atoms with E-state index in [1.807, 2.05) is 49.4 Å². The summed E-state index contributed by atoms with van der Waals surface area (Å²) >= 11 is 5.01. The monoisotopic (exact) mass is 382 g/mol. The van der Waals surface area contributed by atoms with Crippen LogP contribution in [0.15, 0.2) is 64.6 Å². The van der Waals surface area contributed by atoms with Crippen LogP contribution in [0.4, 0.5) is 0 Å². The highest BCUT2D eigenvalue weighted by molar-refractivity contribution is 7.71. The summed E-state index contributed by atoms with van der Waals surface area (Å²) in [4.78, 5) is 11.8.